The maximum Gasteiger partial charge on any atom is 0.321 e. The van der Waals surface area contributed by atoms with Gasteiger partial charge in [0, 0.05) is 38.0 Å². The summed E-state index contributed by atoms with van der Waals surface area (Å²) in [4.78, 5) is 29.0. The molecular formula is C25H29N3O2. The number of hydrogen-bond acceptors (Lipinski definition) is 2. The molecule has 0 saturated carbocycles. The summed E-state index contributed by atoms with van der Waals surface area (Å²) < 4.78 is 0. The SMILES string of the molecule is CCCC#CC(=O)N1CCC2(CCN(C(=O)Nc3cccc4ccccc34)CC2)C1. The zero-order chi connectivity index (χ0) is 21.0. The lowest BCUT2D eigenvalue weighted by Gasteiger charge is -2.39. The Morgan fingerprint density at radius 2 is 1.70 bits per heavy atom. The van der Waals surface area contributed by atoms with Crippen molar-refractivity contribution in [1.29, 1.82) is 0 Å². The average molecular weight is 404 g/mol. The highest BCUT2D eigenvalue weighted by Crippen LogP contribution is 2.40. The molecule has 1 spiro atoms. The number of unbranched alkanes of at least 4 members (excludes halogenated alkanes) is 1. The van der Waals surface area contributed by atoms with Gasteiger partial charge in [0.15, 0.2) is 0 Å². The number of likely N-dealkylation sites (tertiary alicyclic amines) is 2. The van der Waals surface area contributed by atoms with Crippen molar-refractivity contribution in [1.82, 2.24) is 9.80 Å². The number of anilines is 1. The van der Waals surface area contributed by atoms with Crippen molar-refractivity contribution in [2.24, 2.45) is 5.41 Å². The van der Waals surface area contributed by atoms with Crippen molar-refractivity contribution >= 4 is 28.4 Å². The Balaban J connectivity index is 1.34. The highest BCUT2D eigenvalue weighted by Gasteiger charge is 2.42. The smallest absolute Gasteiger partial charge is 0.321 e. The normalized spacial score (nSPS) is 17.6. The summed E-state index contributed by atoms with van der Waals surface area (Å²) >= 11 is 0. The van der Waals surface area contributed by atoms with Crippen molar-refractivity contribution in [3.05, 3.63) is 42.5 Å². The lowest BCUT2D eigenvalue weighted by Crippen LogP contribution is -2.46. The van der Waals surface area contributed by atoms with Gasteiger partial charge in [0.05, 0.1) is 5.69 Å². The third-order valence-corrected chi connectivity index (χ3v) is 6.44. The summed E-state index contributed by atoms with van der Waals surface area (Å²) in [6.45, 7) is 5.06. The van der Waals surface area contributed by atoms with Crippen LogP contribution >= 0.6 is 0 Å². The third kappa shape index (κ3) is 4.28. The molecule has 5 nitrogen and oxygen atoms in total. The zero-order valence-electron chi connectivity index (χ0n) is 17.6. The molecule has 2 fully saturated rings. The van der Waals surface area contributed by atoms with Gasteiger partial charge in [0.2, 0.25) is 0 Å². The monoisotopic (exact) mass is 403 g/mol. The minimum absolute atomic E-state index is 0.0439. The number of amides is 3. The lowest BCUT2D eigenvalue weighted by molar-refractivity contribution is -0.124. The molecule has 0 unspecified atom stereocenters. The highest BCUT2D eigenvalue weighted by atomic mass is 16.2. The molecule has 0 bridgehead atoms. The van der Waals surface area contributed by atoms with E-state index in [1.807, 2.05) is 40.1 Å². The Labute approximate surface area is 178 Å². The molecule has 0 aromatic heterocycles. The number of fused-ring (bicyclic) bond motifs is 1. The van der Waals surface area contributed by atoms with E-state index in [1.54, 1.807) is 0 Å². The number of rotatable bonds is 2. The van der Waals surface area contributed by atoms with Crippen LogP contribution < -0.4 is 5.32 Å². The second kappa shape index (κ2) is 8.79. The molecule has 2 aromatic rings. The number of urea groups is 1. The highest BCUT2D eigenvalue weighted by molar-refractivity contribution is 6.01. The number of carbonyl (C=O) groups excluding carboxylic acids is 2. The van der Waals surface area contributed by atoms with Gasteiger partial charge in [-0.1, -0.05) is 49.2 Å². The van der Waals surface area contributed by atoms with E-state index >= 15 is 0 Å². The summed E-state index contributed by atoms with van der Waals surface area (Å²) in [7, 11) is 0. The molecule has 3 amide bonds. The second-order valence-electron chi connectivity index (χ2n) is 8.47. The largest absolute Gasteiger partial charge is 0.331 e. The standard InChI is InChI=1S/C25H29N3O2/c1-2-3-4-12-23(29)28-18-15-25(19-28)13-16-27(17-14-25)24(30)26-22-11-7-9-20-8-5-6-10-21(20)22/h5-11H,2-3,13-19H2,1H3,(H,26,30). The van der Waals surface area contributed by atoms with E-state index < -0.39 is 0 Å². The molecule has 2 saturated heterocycles. The fourth-order valence-electron chi connectivity index (χ4n) is 4.57. The van der Waals surface area contributed by atoms with Crippen LogP contribution in [0, 0.1) is 17.3 Å². The maximum absolute atomic E-state index is 12.9. The summed E-state index contributed by atoms with van der Waals surface area (Å²) in [6.07, 6.45) is 4.61. The maximum atomic E-state index is 12.9. The number of nitrogens with zero attached hydrogens (tertiary/aromatic N) is 2. The minimum atomic E-state index is -0.0450. The zero-order valence-corrected chi connectivity index (χ0v) is 17.6. The quantitative estimate of drug-likeness (QED) is 0.751. The summed E-state index contributed by atoms with van der Waals surface area (Å²) in [5.41, 5.74) is 0.986. The van der Waals surface area contributed by atoms with Gasteiger partial charge in [-0.3, -0.25) is 4.79 Å². The van der Waals surface area contributed by atoms with E-state index in [9.17, 15) is 9.59 Å². The van der Waals surface area contributed by atoms with Crippen LogP contribution in [0.5, 0.6) is 0 Å². The predicted octanol–water partition coefficient (Wildman–Crippen LogP) is 4.49. The second-order valence-corrected chi connectivity index (χ2v) is 8.47. The van der Waals surface area contributed by atoms with Crippen LogP contribution in [0.3, 0.4) is 0 Å². The van der Waals surface area contributed by atoms with Crippen LogP contribution in [0.1, 0.15) is 39.0 Å². The van der Waals surface area contributed by atoms with Gasteiger partial charge in [0.25, 0.3) is 5.91 Å². The first kappa shape index (κ1) is 20.3. The molecule has 0 radical (unpaired) electrons. The van der Waals surface area contributed by atoms with Crippen molar-refractivity contribution in [3.63, 3.8) is 0 Å². The van der Waals surface area contributed by atoms with E-state index in [0.29, 0.717) is 0 Å². The van der Waals surface area contributed by atoms with E-state index in [2.05, 4.69) is 36.2 Å². The first-order valence-electron chi connectivity index (χ1n) is 10.9. The van der Waals surface area contributed by atoms with Crippen LogP contribution in [-0.4, -0.2) is 47.9 Å². The fraction of sp³-hybridized carbons (Fsp3) is 0.440. The van der Waals surface area contributed by atoms with Crippen LogP contribution in [0.4, 0.5) is 10.5 Å². The van der Waals surface area contributed by atoms with Crippen LogP contribution in [0.15, 0.2) is 42.5 Å². The lowest BCUT2D eigenvalue weighted by atomic mass is 9.78. The summed E-state index contributed by atoms with van der Waals surface area (Å²) in [5, 5.41) is 5.26. The first-order valence-corrected chi connectivity index (χ1v) is 10.9. The average Bonchev–Trinajstić information content (AvgIpc) is 3.18. The van der Waals surface area contributed by atoms with Gasteiger partial charge < -0.3 is 15.1 Å². The Morgan fingerprint density at radius 1 is 1.00 bits per heavy atom. The van der Waals surface area contributed by atoms with Crippen molar-refractivity contribution < 1.29 is 9.59 Å². The van der Waals surface area contributed by atoms with Gasteiger partial charge in [-0.25, -0.2) is 4.79 Å². The number of hydrogen-bond donors (Lipinski definition) is 1. The third-order valence-electron chi connectivity index (χ3n) is 6.44. The molecule has 2 heterocycles. The molecular weight excluding hydrogens is 374 g/mol. The van der Waals surface area contributed by atoms with Gasteiger partial charge in [-0.2, -0.15) is 0 Å². The molecule has 5 heteroatoms. The van der Waals surface area contributed by atoms with E-state index in [0.717, 1.165) is 74.7 Å². The Kier molecular flexibility index (Phi) is 5.94. The van der Waals surface area contributed by atoms with Crippen molar-refractivity contribution in [3.8, 4) is 11.8 Å². The molecule has 0 aliphatic carbocycles. The Hall–Kier alpha value is -3.00. The number of piperidine rings is 1. The fourth-order valence-corrected chi connectivity index (χ4v) is 4.57. The van der Waals surface area contributed by atoms with E-state index in [4.69, 9.17) is 0 Å². The Bertz CT molecular complexity index is 991. The van der Waals surface area contributed by atoms with E-state index in [1.165, 1.54) is 0 Å². The van der Waals surface area contributed by atoms with Crippen LogP contribution in [-0.2, 0) is 4.79 Å². The molecule has 2 aliphatic heterocycles. The van der Waals surface area contributed by atoms with Gasteiger partial charge in [0.1, 0.15) is 0 Å². The van der Waals surface area contributed by atoms with Gasteiger partial charge >= 0.3 is 6.03 Å². The molecule has 2 aromatic carbocycles. The van der Waals surface area contributed by atoms with Gasteiger partial charge in [-0.15, -0.1) is 0 Å². The topological polar surface area (TPSA) is 52.7 Å². The van der Waals surface area contributed by atoms with Crippen molar-refractivity contribution in [2.45, 2.75) is 39.0 Å². The van der Waals surface area contributed by atoms with Crippen molar-refractivity contribution in [2.75, 3.05) is 31.5 Å². The summed E-state index contributed by atoms with van der Waals surface area (Å²) in [6, 6.07) is 14.0. The Morgan fingerprint density at radius 3 is 2.47 bits per heavy atom. The van der Waals surface area contributed by atoms with Crippen LogP contribution in [0.2, 0.25) is 0 Å². The summed E-state index contributed by atoms with van der Waals surface area (Å²) in [5.74, 6) is 5.69. The molecule has 4 rings (SSSR count). The molecule has 30 heavy (non-hydrogen) atoms. The van der Waals surface area contributed by atoms with E-state index in [-0.39, 0.29) is 17.4 Å². The van der Waals surface area contributed by atoms with Gasteiger partial charge in [-0.05, 0) is 48.5 Å². The molecule has 1 N–H and O–H groups in total. The number of nitrogens with one attached hydrogen (secondary N) is 1. The van der Waals surface area contributed by atoms with Crippen LogP contribution in [0.25, 0.3) is 10.8 Å². The number of benzene rings is 2. The first-order chi connectivity index (χ1) is 14.6. The molecule has 0 atom stereocenters. The molecule has 2 aliphatic rings. The minimum Gasteiger partial charge on any atom is -0.331 e. The molecule has 156 valence electrons. The predicted molar refractivity (Wildman–Crippen MR) is 120 cm³/mol. The number of carbonyl (C=O) groups is 2.